The lowest BCUT2D eigenvalue weighted by Gasteiger charge is -2.10. The van der Waals surface area contributed by atoms with Crippen LogP contribution < -0.4 is 5.56 Å². The first-order valence-corrected chi connectivity index (χ1v) is 6.34. The van der Waals surface area contributed by atoms with Crippen LogP contribution in [-0.4, -0.2) is 4.57 Å². The van der Waals surface area contributed by atoms with Crippen LogP contribution in [0.5, 0.6) is 0 Å². The molecule has 0 unspecified atom stereocenters. The number of hydrogen-bond donors (Lipinski definition) is 0. The smallest absolute Gasteiger partial charge is 0.268 e. The van der Waals surface area contributed by atoms with E-state index in [2.05, 4.69) is 19.1 Å². The number of nitrogens with zero attached hydrogens (tertiary/aromatic N) is 2. The molecule has 3 heteroatoms. The summed E-state index contributed by atoms with van der Waals surface area (Å²) in [5.41, 5.74) is 3.18. The van der Waals surface area contributed by atoms with Crippen LogP contribution in [0.3, 0.4) is 0 Å². The van der Waals surface area contributed by atoms with Gasteiger partial charge in [-0.3, -0.25) is 4.79 Å². The fourth-order valence-corrected chi connectivity index (χ4v) is 2.02. The summed E-state index contributed by atoms with van der Waals surface area (Å²) >= 11 is 0. The second-order valence-corrected chi connectivity index (χ2v) is 4.56. The van der Waals surface area contributed by atoms with E-state index in [4.69, 9.17) is 5.26 Å². The normalized spacial score (nSPS) is 10.2. The van der Waals surface area contributed by atoms with Gasteiger partial charge in [0.05, 0.1) is 6.54 Å². The largest absolute Gasteiger partial charge is 0.307 e. The zero-order chi connectivity index (χ0) is 13.8. The van der Waals surface area contributed by atoms with Crippen LogP contribution in [0.25, 0.3) is 0 Å². The predicted molar refractivity (Wildman–Crippen MR) is 75.1 cm³/mol. The molecule has 2 aromatic rings. The molecule has 96 valence electrons. The Morgan fingerprint density at radius 2 is 1.74 bits per heavy atom. The molecule has 3 nitrogen and oxygen atoms in total. The Bertz CT molecular complexity index is 675. The highest BCUT2D eigenvalue weighted by molar-refractivity contribution is 5.29. The van der Waals surface area contributed by atoms with Crippen molar-refractivity contribution in [3.63, 3.8) is 0 Å². The van der Waals surface area contributed by atoms with Gasteiger partial charge < -0.3 is 4.57 Å². The third-order valence-electron chi connectivity index (χ3n) is 3.28. The van der Waals surface area contributed by atoms with Crippen LogP contribution in [0.4, 0.5) is 0 Å². The van der Waals surface area contributed by atoms with Crippen LogP contribution >= 0.6 is 0 Å². The van der Waals surface area contributed by atoms with Gasteiger partial charge in [-0.1, -0.05) is 31.2 Å². The number of aryl methyl sites for hydroxylation is 2. The highest BCUT2D eigenvalue weighted by Crippen LogP contribution is 2.08. The van der Waals surface area contributed by atoms with Gasteiger partial charge in [-0.2, -0.15) is 5.26 Å². The molecule has 19 heavy (non-hydrogen) atoms. The third-order valence-corrected chi connectivity index (χ3v) is 3.28. The SMILES string of the molecule is CCc1ccc(Cn2c(C)ccc(C#N)c2=O)cc1. The van der Waals surface area contributed by atoms with Gasteiger partial charge in [-0.25, -0.2) is 0 Å². The van der Waals surface area contributed by atoms with Crippen molar-refractivity contribution in [2.45, 2.75) is 26.8 Å². The van der Waals surface area contributed by atoms with E-state index in [1.165, 1.54) is 5.56 Å². The molecule has 0 radical (unpaired) electrons. The summed E-state index contributed by atoms with van der Waals surface area (Å²) in [5.74, 6) is 0. The monoisotopic (exact) mass is 252 g/mol. The minimum Gasteiger partial charge on any atom is -0.307 e. The summed E-state index contributed by atoms with van der Waals surface area (Å²) < 4.78 is 1.64. The summed E-state index contributed by atoms with van der Waals surface area (Å²) in [4.78, 5) is 12.1. The number of aromatic nitrogens is 1. The topological polar surface area (TPSA) is 45.8 Å². The van der Waals surface area contributed by atoms with E-state index in [1.807, 2.05) is 25.1 Å². The van der Waals surface area contributed by atoms with Crippen molar-refractivity contribution in [2.75, 3.05) is 0 Å². The summed E-state index contributed by atoms with van der Waals surface area (Å²) in [6, 6.07) is 13.5. The highest BCUT2D eigenvalue weighted by Gasteiger charge is 2.06. The van der Waals surface area contributed by atoms with Gasteiger partial charge in [0.2, 0.25) is 0 Å². The van der Waals surface area contributed by atoms with E-state index >= 15 is 0 Å². The van der Waals surface area contributed by atoms with E-state index in [0.29, 0.717) is 6.54 Å². The fraction of sp³-hybridized carbons (Fsp3) is 0.250. The number of benzene rings is 1. The van der Waals surface area contributed by atoms with Crippen molar-refractivity contribution in [2.24, 2.45) is 0 Å². The first kappa shape index (κ1) is 13.1. The van der Waals surface area contributed by atoms with Crippen molar-refractivity contribution in [3.8, 4) is 6.07 Å². The van der Waals surface area contributed by atoms with Gasteiger partial charge in [-0.15, -0.1) is 0 Å². The average molecular weight is 252 g/mol. The van der Waals surface area contributed by atoms with Gasteiger partial charge in [0.15, 0.2) is 0 Å². The lowest BCUT2D eigenvalue weighted by atomic mass is 10.1. The Kier molecular flexibility index (Phi) is 3.82. The van der Waals surface area contributed by atoms with Crippen molar-refractivity contribution in [1.82, 2.24) is 4.57 Å². The standard InChI is InChI=1S/C16H16N2O/c1-3-13-5-7-14(8-6-13)11-18-12(2)4-9-15(10-17)16(18)19/h4-9H,3,11H2,1-2H3. The van der Waals surface area contributed by atoms with Crippen LogP contribution in [0.1, 0.15) is 29.3 Å². The molecule has 0 aliphatic carbocycles. The summed E-state index contributed by atoms with van der Waals surface area (Å²) in [7, 11) is 0. The number of rotatable bonds is 3. The van der Waals surface area contributed by atoms with Crippen LogP contribution in [0, 0.1) is 18.3 Å². The Labute approximate surface area is 112 Å². The average Bonchev–Trinajstić information content (AvgIpc) is 2.44. The van der Waals surface area contributed by atoms with Crippen molar-refractivity contribution in [3.05, 3.63) is 69.1 Å². The maximum atomic E-state index is 12.1. The highest BCUT2D eigenvalue weighted by atomic mass is 16.1. The van der Waals surface area contributed by atoms with Gasteiger partial charge in [-0.05, 0) is 36.6 Å². The molecule has 0 aliphatic heterocycles. The molecule has 0 fully saturated rings. The van der Waals surface area contributed by atoms with Gasteiger partial charge in [0, 0.05) is 5.69 Å². The van der Waals surface area contributed by atoms with Crippen LogP contribution in [-0.2, 0) is 13.0 Å². The van der Waals surface area contributed by atoms with Crippen molar-refractivity contribution >= 4 is 0 Å². The first-order valence-electron chi connectivity index (χ1n) is 6.34. The fourth-order valence-electron chi connectivity index (χ4n) is 2.02. The Hall–Kier alpha value is -2.34. The third kappa shape index (κ3) is 2.74. The molecule has 1 aromatic heterocycles. The molecule has 1 aromatic carbocycles. The second kappa shape index (κ2) is 5.53. The number of pyridine rings is 1. The minimum absolute atomic E-state index is 0.191. The molecule has 1 heterocycles. The van der Waals surface area contributed by atoms with E-state index < -0.39 is 0 Å². The van der Waals surface area contributed by atoms with E-state index in [-0.39, 0.29) is 11.1 Å². The molecule has 0 spiro atoms. The Balaban J connectivity index is 2.38. The van der Waals surface area contributed by atoms with Gasteiger partial charge in [0.1, 0.15) is 11.6 Å². The molecule has 0 N–H and O–H groups in total. The quantitative estimate of drug-likeness (QED) is 0.843. The molecular formula is C16H16N2O. The molecule has 0 atom stereocenters. The number of nitriles is 1. The molecule has 2 rings (SSSR count). The lowest BCUT2D eigenvalue weighted by molar-refractivity contribution is 0.727. The van der Waals surface area contributed by atoms with Gasteiger partial charge in [0.25, 0.3) is 5.56 Å². The number of hydrogen-bond acceptors (Lipinski definition) is 2. The van der Waals surface area contributed by atoms with Crippen molar-refractivity contribution < 1.29 is 0 Å². The summed E-state index contributed by atoms with van der Waals surface area (Å²) in [6.45, 7) is 4.49. The van der Waals surface area contributed by atoms with E-state index in [9.17, 15) is 4.79 Å². The summed E-state index contributed by atoms with van der Waals surface area (Å²) in [5, 5.41) is 8.90. The molecule has 0 saturated carbocycles. The first-order chi connectivity index (χ1) is 9.15. The summed E-state index contributed by atoms with van der Waals surface area (Å²) in [6.07, 6.45) is 1.00. The molecule has 0 amide bonds. The maximum Gasteiger partial charge on any atom is 0.268 e. The molecule has 0 aliphatic rings. The Morgan fingerprint density at radius 3 is 2.32 bits per heavy atom. The van der Waals surface area contributed by atoms with Gasteiger partial charge >= 0.3 is 0 Å². The molecule has 0 saturated heterocycles. The lowest BCUT2D eigenvalue weighted by Crippen LogP contribution is -2.24. The zero-order valence-corrected chi connectivity index (χ0v) is 11.2. The maximum absolute atomic E-state index is 12.1. The predicted octanol–water partition coefficient (Wildman–Crippen LogP) is 2.64. The molecular weight excluding hydrogens is 236 g/mol. The van der Waals surface area contributed by atoms with Crippen LogP contribution in [0.2, 0.25) is 0 Å². The van der Waals surface area contributed by atoms with E-state index in [0.717, 1.165) is 17.7 Å². The Morgan fingerprint density at radius 1 is 1.11 bits per heavy atom. The minimum atomic E-state index is -0.220. The zero-order valence-electron chi connectivity index (χ0n) is 11.2. The van der Waals surface area contributed by atoms with Crippen molar-refractivity contribution in [1.29, 1.82) is 5.26 Å². The van der Waals surface area contributed by atoms with E-state index in [1.54, 1.807) is 16.7 Å². The van der Waals surface area contributed by atoms with Crippen LogP contribution in [0.15, 0.2) is 41.2 Å². The molecule has 0 bridgehead atoms. The second-order valence-electron chi connectivity index (χ2n) is 4.56.